The minimum atomic E-state index is -0.129. The zero-order valence-corrected chi connectivity index (χ0v) is 11.9. The molecular weight excluding hydrogens is 238 g/mol. The monoisotopic (exact) mass is 261 g/mol. The first kappa shape index (κ1) is 13.1. The van der Waals surface area contributed by atoms with Gasteiger partial charge in [-0.05, 0) is 50.0 Å². The normalized spacial score (nSPS) is 22.1. The molecule has 0 aromatic heterocycles. The highest BCUT2D eigenvalue weighted by Gasteiger charge is 2.47. The predicted molar refractivity (Wildman–Crippen MR) is 75.2 cm³/mol. The molecule has 1 atom stereocenters. The Morgan fingerprint density at radius 3 is 2.58 bits per heavy atom. The summed E-state index contributed by atoms with van der Waals surface area (Å²) in [6.07, 6.45) is 3.70. The Bertz CT molecular complexity index is 460. The van der Waals surface area contributed by atoms with Crippen molar-refractivity contribution >= 4 is 0 Å². The van der Waals surface area contributed by atoms with E-state index in [-0.39, 0.29) is 18.1 Å². The van der Waals surface area contributed by atoms with Gasteiger partial charge in [-0.2, -0.15) is 0 Å². The number of aryl methyl sites for hydroxylation is 2. The third kappa shape index (κ3) is 2.10. The topological polar surface area (TPSA) is 32.7 Å². The van der Waals surface area contributed by atoms with Gasteiger partial charge in [0.05, 0.1) is 25.2 Å². The molecule has 2 aliphatic rings. The molecule has 0 amide bonds. The molecule has 1 aliphatic carbocycles. The molecule has 104 valence electrons. The van der Waals surface area contributed by atoms with Crippen LogP contribution < -0.4 is 0 Å². The van der Waals surface area contributed by atoms with Crippen molar-refractivity contribution in [2.75, 3.05) is 33.9 Å². The molecule has 0 radical (unpaired) electrons. The van der Waals surface area contributed by atoms with Gasteiger partial charge >= 0.3 is 0 Å². The molecule has 1 aromatic carbocycles. The molecule has 1 fully saturated rings. The molecule has 0 bridgehead atoms. The van der Waals surface area contributed by atoms with Crippen molar-refractivity contribution in [3.8, 4) is 0 Å². The van der Waals surface area contributed by atoms with Crippen molar-refractivity contribution in [1.82, 2.24) is 4.90 Å². The Kier molecular flexibility index (Phi) is 3.37. The quantitative estimate of drug-likeness (QED) is 0.897. The minimum absolute atomic E-state index is 0.129. The fourth-order valence-electron chi connectivity index (χ4n) is 3.66. The van der Waals surface area contributed by atoms with Crippen LogP contribution in [0.25, 0.3) is 0 Å². The third-order valence-corrected chi connectivity index (χ3v) is 4.63. The van der Waals surface area contributed by atoms with E-state index in [0.717, 1.165) is 0 Å². The van der Waals surface area contributed by atoms with Gasteiger partial charge in [0, 0.05) is 6.04 Å². The highest BCUT2D eigenvalue weighted by Crippen LogP contribution is 2.43. The predicted octanol–water partition coefficient (Wildman–Crippen LogP) is 1.79. The van der Waals surface area contributed by atoms with E-state index in [4.69, 9.17) is 4.74 Å². The molecular formula is C16H23NO2. The second-order valence-electron chi connectivity index (χ2n) is 6.26. The third-order valence-electron chi connectivity index (χ3n) is 4.63. The molecule has 0 saturated carbocycles. The van der Waals surface area contributed by atoms with Crippen LogP contribution in [0.5, 0.6) is 0 Å². The van der Waals surface area contributed by atoms with Crippen LogP contribution in [-0.2, 0) is 17.6 Å². The second-order valence-corrected chi connectivity index (χ2v) is 6.26. The van der Waals surface area contributed by atoms with Crippen LogP contribution in [0.4, 0.5) is 0 Å². The maximum atomic E-state index is 9.80. The zero-order chi connectivity index (χ0) is 13.5. The standard InChI is InChI=1S/C16H23NO2/c1-17(2)15(16(9-18)10-19-11-16)14-7-6-12-4-3-5-13(12)8-14/h6-8,15,18H,3-5,9-11H2,1-2H3. The van der Waals surface area contributed by atoms with Crippen molar-refractivity contribution in [1.29, 1.82) is 0 Å². The Balaban J connectivity index is 1.96. The van der Waals surface area contributed by atoms with E-state index in [9.17, 15) is 5.11 Å². The molecule has 1 aliphatic heterocycles. The first-order valence-corrected chi connectivity index (χ1v) is 7.13. The van der Waals surface area contributed by atoms with Gasteiger partial charge in [-0.25, -0.2) is 0 Å². The molecule has 0 spiro atoms. The molecule has 1 unspecified atom stereocenters. The van der Waals surface area contributed by atoms with Crippen LogP contribution in [0.2, 0.25) is 0 Å². The average Bonchev–Trinajstić information content (AvgIpc) is 2.80. The second kappa shape index (κ2) is 4.89. The van der Waals surface area contributed by atoms with Crippen LogP contribution >= 0.6 is 0 Å². The number of nitrogens with zero attached hydrogens (tertiary/aromatic N) is 1. The minimum Gasteiger partial charge on any atom is -0.396 e. The molecule has 1 N–H and O–H groups in total. The molecule has 1 aromatic rings. The van der Waals surface area contributed by atoms with E-state index in [1.54, 1.807) is 0 Å². The van der Waals surface area contributed by atoms with Crippen molar-refractivity contribution < 1.29 is 9.84 Å². The Hall–Kier alpha value is -0.900. The molecule has 1 heterocycles. The lowest BCUT2D eigenvalue weighted by molar-refractivity contribution is -0.172. The largest absolute Gasteiger partial charge is 0.396 e. The maximum absolute atomic E-state index is 9.80. The maximum Gasteiger partial charge on any atom is 0.0598 e. The summed E-state index contributed by atoms with van der Waals surface area (Å²) in [6.45, 7) is 1.50. The lowest BCUT2D eigenvalue weighted by atomic mass is 9.75. The van der Waals surface area contributed by atoms with Gasteiger partial charge in [-0.1, -0.05) is 18.2 Å². The highest BCUT2D eigenvalue weighted by atomic mass is 16.5. The Labute approximate surface area is 115 Å². The van der Waals surface area contributed by atoms with Crippen LogP contribution in [-0.4, -0.2) is 43.9 Å². The number of ether oxygens (including phenoxy) is 1. The summed E-state index contributed by atoms with van der Waals surface area (Å²) >= 11 is 0. The van der Waals surface area contributed by atoms with Crippen LogP contribution in [0.15, 0.2) is 18.2 Å². The van der Waals surface area contributed by atoms with Gasteiger partial charge in [0.1, 0.15) is 0 Å². The SMILES string of the molecule is CN(C)C(c1ccc2c(c1)CCC2)C1(CO)COC1. The lowest BCUT2D eigenvalue weighted by Gasteiger charge is -2.48. The number of benzene rings is 1. The van der Waals surface area contributed by atoms with Crippen LogP contribution in [0, 0.1) is 5.41 Å². The number of aliphatic hydroxyl groups is 1. The number of rotatable bonds is 4. The van der Waals surface area contributed by atoms with E-state index in [0.29, 0.717) is 13.2 Å². The van der Waals surface area contributed by atoms with Crippen LogP contribution in [0.3, 0.4) is 0 Å². The molecule has 19 heavy (non-hydrogen) atoms. The first-order chi connectivity index (χ1) is 9.16. The Morgan fingerprint density at radius 1 is 1.26 bits per heavy atom. The first-order valence-electron chi connectivity index (χ1n) is 7.13. The summed E-state index contributed by atoms with van der Waals surface area (Å²) < 4.78 is 5.39. The molecule has 3 heteroatoms. The summed E-state index contributed by atoms with van der Waals surface area (Å²) in [5.74, 6) is 0. The van der Waals surface area contributed by atoms with Gasteiger partial charge in [0.2, 0.25) is 0 Å². The summed E-state index contributed by atoms with van der Waals surface area (Å²) in [4.78, 5) is 2.22. The molecule has 3 nitrogen and oxygen atoms in total. The Morgan fingerprint density at radius 2 is 2.00 bits per heavy atom. The number of aliphatic hydroxyl groups excluding tert-OH is 1. The number of hydrogen-bond donors (Lipinski definition) is 1. The van der Waals surface area contributed by atoms with Gasteiger partial charge in [-0.15, -0.1) is 0 Å². The lowest BCUT2D eigenvalue weighted by Crippen LogP contribution is -2.53. The van der Waals surface area contributed by atoms with Crippen molar-refractivity contribution in [2.45, 2.75) is 25.3 Å². The van der Waals surface area contributed by atoms with Crippen molar-refractivity contribution in [3.63, 3.8) is 0 Å². The van der Waals surface area contributed by atoms with Crippen LogP contribution in [0.1, 0.15) is 29.2 Å². The molecule has 1 saturated heterocycles. The smallest absolute Gasteiger partial charge is 0.0598 e. The summed E-state index contributed by atoms with van der Waals surface area (Å²) in [5, 5.41) is 9.80. The number of fused-ring (bicyclic) bond motifs is 1. The fourth-order valence-corrected chi connectivity index (χ4v) is 3.66. The number of hydrogen-bond acceptors (Lipinski definition) is 3. The zero-order valence-electron chi connectivity index (χ0n) is 11.9. The molecule has 3 rings (SSSR count). The average molecular weight is 261 g/mol. The van der Waals surface area contributed by atoms with E-state index in [1.165, 1.54) is 36.0 Å². The van der Waals surface area contributed by atoms with E-state index < -0.39 is 0 Å². The fraction of sp³-hybridized carbons (Fsp3) is 0.625. The van der Waals surface area contributed by atoms with Gasteiger partial charge in [0.25, 0.3) is 0 Å². The summed E-state index contributed by atoms with van der Waals surface area (Å²) in [7, 11) is 4.18. The van der Waals surface area contributed by atoms with E-state index in [1.807, 2.05) is 0 Å². The summed E-state index contributed by atoms with van der Waals surface area (Å²) in [5.41, 5.74) is 4.20. The van der Waals surface area contributed by atoms with Gasteiger partial charge in [0.15, 0.2) is 0 Å². The van der Waals surface area contributed by atoms with Gasteiger partial charge in [-0.3, -0.25) is 0 Å². The van der Waals surface area contributed by atoms with Gasteiger partial charge < -0.3 is 14.7 Å². The summed E-state index contributed by atoms with van der Waals surface area (Å²) in [6, 6.07) is 7.10. The van der Waals surface area contributed by atoms with Crippen molar-refractivity contribution in [2.24, 2.45) is 5.41 Å². The van der Waals surface area contributed by atoms with E-state index in [2.05, 4.69) is 37.2 Å². The highest BCUT2D eigenvalue weighted by molar-refractivity contribution is 5.37. The van der Waals surface area contributed by atoms with E-state index >= 15 is 0 Å². The van der Waals surface area contributed by atoms with Crippen molar-refractivity contribution in [3.05, 3.63) is 34.9 Å².